The second kappa shape index (κ2) is 10.1. The number of fused-ring (bicyclic) bond motifs is 1. The lowest BCUT2D eigenvalue weighted by molar-refractivity contribution is -0.0595. The Morgan fingerprint density at radius 1 is 1.33 bits per heavy atom. The molecule has 1 aliphatic heterocycles. The van der Waals surface area contributed by atoms with Crippen LogP contribution in [0.5, 0.6) is 11.5 Å². The molecule has 160 valence electrons. The van der Waals surface area contributed by atoms with Crippen LogP contribution < -0.4 is 4.74 Å². The first-order valence-corrected chi connectivity index (χ1v) is 9.86. The highest BCUT2D eigenvalue weighted by molar-refractivity contribution is 5.94. The number of ether oxygens (including phenoxy) is 2. The Morgan fingerprint density at radius 2 is 2.07 bits per heavy atom. The zero-order chi connectivity index (χ0) is 22.3. The van der Waals surface area contributed by atoms with E-state index in [0.717, 1.165) is 12.8 Å². The number of benzene rings is 1. The predicted molar refractivity (Wildman–Crippen MR) is 114 cm³/mol. The van der Waals surface area contributed by atoms with Gasteiger partial charge in [-0.05, 0) is 58.6 Å². The van der Waals surface area contributed by atoms with E-state index in [1.807, 2.05) is 13.0 Å². The van der Waals surface area contributed by atoms with Crippen molar-refractivity contribution in [3.63, 3.8) is 0 Å². The Morgan fingerprint density at radius 3 is 2.70 bits per heavy atom. The SMILES string of the molecule is C#CO/C(C)=C/CC/C(C)=C/CCC1(C)Oc2c(C=O)c(C=O)cc(O)c2CC1O. The van der Waals surface area contributed by atoms with Crippen molar-refractivity contribution in [3.8, 4) is 24.0 Å². The normalized spacial score (nSPS) is 21.2. The molecule has 0 amide bonds. The van der Waals surface area contributed by atoms with Crippen LogP contribution in [-0.2, 0) is 11.2 Å². The summed E-state index contributed by atoms with van der Waals surface area (Å²) in [7, 11) is 0. The third-order valence-electron chi connectivity index (χ3n) is 5.44. The first-order chi connectivity index (χ1) is 14.3. The van der Waals surface area contributed by atoms with Crippen LogP contribution in [0.4, 0.5) is 0 Å². The zero-order valence-corrected chi connectivity index (χ0v) is 17.6. The molecule has 1 aromatic rings. The molecular weight excluding hydrogens is 384 g/mol. The van der Waals surface area contributed by atoms with E-state index in [1.165, 1.54) is 11.6 Å². The fraction of sp³-hybridized carbons (Fsp3) is 0.417. The van der Waals surface area contributed by atoms with Crippen LogP contribution in [0.1, 0.15) is 72.7 Å². The molecule has 2 rings (SSSR count). The molecule has 30 heavy (non-hydrogen) atoms. The van der Waals surface area contributed by atoms with Gasteiger partial charge in [-0.15, -0.1) is 0 Å². The minimum Gasteiger partial charge on any atom is -0.508 e. The molecule has 2 N–H and O–H groups in total. The summed E-state index contributed by atoms with van der Waals surface area (Å²) in [6, 6.07) is 1.23. The Balaban J connectivity index is 2.10. The van der Waals surface area contributed by atoms with Gasteiger partial charge in [-0.2, -0.15) is 0 Å². The number of aromatic hydroxyl groups is 1. The molecule has 0 saturated heterocycles. The molecule has 0 spiro atoms. The van der Waals surface area contributed by atoms with Crippen LogP contribution in [0.25, 0.3) is 0 Å². The smallest absolute Gasteiger partial charge is 0.154 e. The maximum Gasteiger partial charge on any atom is 0.154 e. The number of carbonyl (C=O) groups is 2. The minimum absolute atomic E-state index is 0.0629. The van der Waals surface area contributed by atoms with Gasteiger partial charge in [0.1, 0.15) is 29.0 Å². The van der Waals surface area contributed by atoms with Crippen molar-refractivity contribution >= 4 is 12.6 Å². The van der Waals surface area contributed by atoms with Crippen molar-refractivity contribution in [3.05, 3.63) is 46.2 Å². The summed E-state index contributed by atoms with van der Waals surface area (Å²) >= 11 is 0. The van der Waals surface area contributed by atoms with E-state index in [-0.39, 0.29) is 29.0 Å². The average molecular weight is 412 g/mol. The molecule has 0 bridgehead atoms. The van der Waals surface area contributed by atoms with E-state index < -0.39 is 11.7 Å². The first kappa shape index (κ1) is 23.2. The van der Waals surface area contributed by atoms with E-state index in [1.54, 1.807) is 13.8 Å². The second-order valence-electron chi connectivity index (χ2n) is 7.74. The Labute approximate surface area is 177 Å². The van der Waals surface area contributed by atoms with Crippen molar-refractivity contribution in [1.29, 1.82) is 0 Å². The van der Waals surface area contributed by atoms with Crippen LogP contribution in [0.3, 0.4) is 0 Å². The van der Waals surface area contributed by atoms with Crippen LogP contribution in [-0.4, -0.2) is 34.5 Å². The summed E-state index contributed by atoms with van der Waals surface area (Å²) < 4.78 is 11.0. The molecule has 1 aromatic carbocycles. The van der Waals surface area contributed by atoms with Gasteiger partial charge < -0.3 is 19.7 Å². The Bertz CT molecular complexity index is 905. The van der Waals surface area contributed by atoms with Gasteiger partial charge >= 0.3 is 0 Å². The first-order valence-electron chi connectivity index (χ1n) is 9.86. The van der Waals surface area contributed by atoms with Gasteiger partial charge in [0.15, 0.2) is 12.6 Å². The number of allylic oxidation sites excluding steroid dienone is 4. The second-order valence-corrected chi connectivity index (χ2v) is 7.74. The Kier molecular flexibility index (Phi) is 7.85. The van der Waals surface area contributed by atoms with Crippen molar-refractivity contribution in [2.75, 3.05) is 0 Å². The summed E-state index contributed by atoms with van der Waals surface area (Å²) in [5, 5.41) is 20.8. The monoisotopic (exact) mass is 412 g/mol. The molecule has 6 nitrogen and oxygen atoms in total. The number of phenols is 1. The quantitative estimate of drug-likeness (QED) is 0.275. The molecule has 6 heteroatoms. The van der Waals surface area contributed by atoms with Crippen LogP contribution in [0, 0.1) is 12.5 Å². The van der Waals surface area contributed by atoms with Gasteiger partial charge in [-0.1, -0.05) is 18.1 Å². The van der Waals surface area contributed by atoms with E-state index in [2.05, 4.69) is 12.2 Å². The number of hydrogen-bond donors (Lipinski definition) is 2. The molecule has 1 aliphatic rings. The topological polar surface area (TPSA) is 93.1 Å². The molecule has 0 aliphatic carbocycles. The van der Waals surface area contributed by atoms with Crippen LogP contribution >= 0.6 is 0 Å². The fourth-order valence-electron chi connectivity index (χ4n) is 3.53. The maximum absolute atomic E-state index is 11.5. The van der Waals surface area contributed by atoms with Gasteiger partial charge in [-0.25, -0.2) is 0 Å². The van der Waals surface area contributed by atoms with Gasteiger partial charge in [0.25, 0.3) is 0 Å². The summed E-state index contributed by atoms with van der Waals surface area (Å²) in [5.41, 5.74) is 0.734. The highest BCUT2D eigenvalue weighted by Crippen LogP contribution is 2.43. The van der Waals surface area contributed by atoms with Crippen molar-refractivity contribution in [2.24, 2.45) is 0 Å². The summed E-state index contributed by atoms with van der Waals surface area (Å²) in [5.74, 6) is 0.709. The lowest BCUT2D eigenvalue weighted by atomic mass is 9.84. The number of terminal acetylenes is 1. The molecule has 0 aromatic heterocycles. The molecular formula is C24H28O6. The predicted octanol–water partition coefficient (Wildman–Crippen LogP) is 4.09. The van der Waals surface area contributed by atoms with Crippen LogP contribution in [0.15, 0.2) is 29.6 Å². The van der Waals surface area contributed by atoms with Gasteiger partial charge in [-0.3, -0.25) is 9.59 Å². The molecule has 0 radical (unpaired) electrons. The van der Waals surface area contributed by atoms with Crippen LogP contribution in [0.2, 0.25) is 0 Å². The maximum atomic E-state index is 11.5. The number of phenolic OH excluding ortho intramolecular Hbond substituents is 1. The standard InChI is InChI=1S/C24H28O6/c1-5-29-17(3)10-6-8-16(2)9-7-11-24(4)22(28)13-19-21(27)12-18(14-25)20(15-26)23(19)30-24/h1,9-10,12,14-15,22,27-28H,6-8,11,13H2,2-4H3/b16-9+,17-10+. The van der Waals surface area contributed by atoms with Gasteiger partial charge in [0, 0.05) is 17.5 Å². The molecule has 2 unspecified atom stereocenters. The summed E-state index contributed by atoms with van der Waals surface area (Å²) in [4.78, 5) is 22.8. The molecule has 0 saturated carbocycles. The van der Waals surface area contributed by atoms with Crippen molar-refractivity contribution in [2.45, 2.75) is 64.6 Å². The lowest BCUT2D eigenvalue weighted by Gasteiger charge is -2.40. The minimum atomic E-state index is -0.952. The highest BCUT2D eigenvalue weighted by Gasteiger charge is 2.41. The zero-order valence-electron chi connectivity index (χ0n) is 17.6. The number of hydrogen-bond acceptors (Lipinski definition) is 6. The van der Waals surface area contributed by atoms with E-state index in [9.17, 15) is 19.8 Å². The fourth-order valence-corrected chi connectivity index (χ4v) is 3.53. The number of aliphatic hydroxyl groups is 1. The van der Waals surface area contributed by atoms with Crippen molar-refractivity contribution in [1.82, 2.24) is 0 Å². The number of aliphatic hydroxyl groups excluding tert-OH is 1. The average Bonchev–Trinajstić information content (AvgIpc) is 2.69. The van der Waals surface area contributed by atoms with Gasteiger partial charge in [0.05, 0.1) is 11.7 Å². The van der Waals surface area contributed by atoms with Gasteiger partial charge in [0.2, 0.25) is 0 Å². The molecule has 2 atom stereocenters. The number of aldehydes is 2. The largest absolute Gasteiger partial charge is 0.508 e. The van der Waals surface area contributed by atoms with Crippen molar-refractivity contribution < 1.29 is 29.3 Å². The summed E-state index contributed by atoms with van der Waals surface area (Å²) in [6.45, 7) is 5.60. The highest BCUT2D eigenvalue weighted by atomic mass is 16.5. The number of rotatable bonds is 9. The molecule has 0 fully saturated rings. The number of carbonyl (C=O) groups excluding carboxylic acids is 2. The van der Waals surface area contributed by atoms with E-state index >= 15 is 0 Å². The summed E-state index contributed by atoms with van der Waals surface area (Å²) in [6.07, 6.45) is 14.4. The van der Waals surface area contributed by atoms with E-state index in [4.69, 9.17) is 15.9 Å². The van der Waals surface area contributed by atoms with E-state index in [0.29, 0.717) is 36.7 Å². The Hall–Kier alpha value is -3.04. The molecule has 1 heterocycles. The third kappa shape index (κ3) is 5.31. The third-order valence-corrected chi connectivity index (χ3v) is 5.44. The lowest BCUT2D eigenvalue weighted by Crippen LogP contribution is -2.49.